The van der Waals surface area contributed by atoms with Gasteiger partial charge in [-0.15, -0.1) is 0 Å². The van der Waals surface area contributed by atoms with Gasteiger partial charge in [-0.2, -0.15) is 8.42 Å². The van der Waals surface area contributed by atoms with Gasteiger partial charge in [0.25, 0.3) is 15.8 Å². The van der Waals surface area contributed by atoms with Crippen molar-refractivity contribution in [2.45, 2.75) is 11.0 Å². The van der Waals surface area contributed by atoms with E-state index >= 15 is 0 Å². The summed E-state index contributed by atoms with van der Waals surface area (Å²) in [6.07, 6.45) is -1.61. The normalized spacial score (nSPS) is 12.8. The van der Waals surface area contributed by atoms with Crippen LogP contribution >= 0.6 is 11.6 Å². The lowest BCUT2D eigenvalue weighted by Gasteiger charge is -2.15. The molecule has 1 unspecified atom stereocenters. The lowest BCUT2D eigenvalue weighted by atomic mass is 10.1. The number of hydrogen-bond acceptors (Lipinski definition) is 5. The van der Waals surface area contributed by atoms with Gasteiger partial charge in [0.05, 0.1) is 15.4 Å². The summed E-state index contributed by atoms with van der Waals surface area (Å²) in [5.74, 6) is 0. The maximum Gasteiger partial charge on any atom is 0.297 e. The highest BCUT2D eigenvalue weighted by atomic mass is 35.5. The first-order chi connectivity index (χ1) is 10.8. The minimum absolute atomic E-state index is 0.155. The molecule has 0 heterocycles. The second-order valence-corrected chi connectivity index (χ2v) is 6.47. The lowest BCUT2D eigenvalue weighted by molar-refractivity contribution is -0.386. The molecule has 2 aromatic rings. The van der Waals surface area contributed by atoms with Crippen molar-refractivity contribution < 1.29 is 21.9 Å². The van der Waals surface area contributed by atoms with E-state index in [0.29, 0.717) is 5.02 Å². The quantitative estimate of drug-likeness (QED) is 0.446. The highest BCUT2D eigenvalue weighted by Gasteiger charge is 2.28. The van der Waals surface area contributed by atoms with Crippen LogP contribution < -0.4 is 0 Å². The third-order valence-corrected chi connectivity index (χ3v) is 4.55. The van der Waals surface area contributed by atoms with Gasteiger partial charge in [-0.05, 0) is 30.3 Å². The minimum atomic E-state index is -4.30. The van der Waals surface area contributed by atoms with Crippen LogP contribution in [0.3, 0.4) is 0 Å². The summed E-state index contributed by atoms with van der Waals surface area (Å²) in [7, 11) is -4.30. The average Bonchev–Trinajstić information content (AvgIpc) is 2.53. The first-order valence-electron chi connectivity index (χ1n) is 6.33. The van der Waals surface area contributed by atoms with E-state index in [-0.39, 0.29) is 10.5 Å². The van der Waals surface area contributed by atoms with Crippen LogP contribution in [0.5, 0.6) is 0 Å². The second-order valence-electron chi connectivity index (χ2n) is 4.46. The number of nitro groups is 1. The summed E-state index contributed by atoms with van der Waals surface area (Å²) in [4.78, 5) is 10.0. The first kappa shape index (κ1) is 17.3. The van der Waals surface area contributed by atoms with Crippen molar-refractivity contribution in [3.8, 4) is 0 Å². The summed E-state index contributed by atoms with van der Waals surface area (Å²) in [5, 5.41) is 11.3. The molecule has 0 aromatic heterocycles. The molecule has 0 radical (unpaired) electrons. The highest BCUT2D eigenvalue weighted by Crippen LogP contribution is 2.31. The van der Waals surface area contributed by atoms with Crippen molar-refractivity contribution in [1.29, 1.82) is 0 Å². The third-order valence-electron chi connectivity index (χ3n) is 2.97. The Morgan fingerprint density at radius 3 is 2.35 bits per heavy atom. The zero-order valence-electron chi connectivity index (χ0n) is 11.6. The Bertz CT molecular complexity index is 810. The molecular formula is C14H11ClFNO5S. The minimum Gasteiger partial charge on any atom is -0.258 e. The van der Waals surface area contributed by atoms with E-state index in [1.54, 1.807) is 0 Å². The van der Waals surface area contributed by atoms with Gasteiger partial charge in [-0.25, -0.2) is 4.39 Å². The van der Waals surface area contributed by atoms with Crippen LogP contribution in [0, 0.1) is 10.1 Å². The fourth-order valence-electron chi connectivity index (χ4n) is 1.90. The molecule has 2 rings (SSSR count). The van der Waals surface area contributed by atoms with Crippen molar-refractivity contribution in [1.82, 2.24) is 0 Å². The smallest absolute Gasteiger partial charge is 0.258 e. The van der Waals surface area contributed by atoms with Gasteiger partial charge in [-0.1, -0.05) is 23.7 Å². The van der Waals surface area contributed by atoms with E-state index in [4.69, 9.17) is 15.8 Å². The number of alkyl halides is 1. The van der Waals surface area contributed by atoms with Crippen LogP contribution in [0.2, 0.25) is 5.02 Å². The summed E-state index contributed by atoms with van der Waals surface area (Å²) >= 11 is 5.68. The number of hydrogen-bond donors (Lipinski definition) is 0. The Morgan fingerprint density at radius 1 is 1.17 bits per heavy atom. The van der Waals surface area contributed by atoms with Crippen LogP contribution in [0.15, 0.2) is 53.4 Å². The van der Waals surface area contributed by atoms with Crippen molar-refractivity contribution in [3.63, 3.8) is 0 Å². The predicted octanol–water partition coefficient (Wildman–Crippen LogP) is 3.66. The molecule has 6 nitrogen and oxygen atoms in total. The van der Waals surface area contributed by atoms with Crippen molar-refractivity contribution in [3.05, 3.63) is 69.2 Å². The van der Waals surface area contributed by atoms with E-state index in [2.05, 4.69) is 0 Å². The highest BCUT2D eigenvalue weighted by molar-refractivity contribution is 7.86. The molecule has 0 aliphatic rings. The number of rotatable bonds is 6. The van der Waals surface area contributed by atoms with E-state index in [1.807, 2.05) is 0 Å². The molecule has 0 fully saturated rings. The zero-order valence-corrected chi connectivity index (χ0v) is 13.1. The fourth-order valence-corrected chi connectivity index (χ4v) is 3.06. The van der Waals surface area contributed by atoms with Crippen molar-refractivity contribution >= 4 is 27.4 Å². The Kier molecular flexibility index (Phi) is 5.30. The molecule has 0 spiro atoms. The molecule has 0 aliphatic heterocycles. The molecule has 0 aliphatic carbocycles. The number of halogens is 2. The summed E-state index contributed by atoms with van der Waals surface area (Å²) in [5.41, 5.74) is -0.570. The molecule has 2 aromatic carbocycles. The molecule has 1 atom stereocenters. The zero-order chi connectivity index (χ0) is 17.0. The molecule has 0 saturated carbocycles. The Morgan fingerprint density at radius 2 is 1.78 bits per heavy atom. The van der Waals surface area contributed by atoms with Gasteiger partial charge in [0, 0.05) is 11.1 Å². The predicted molar refractivity (Wildman–Crippen MR) is 81.5 cm³/mol. The van der Waals surface area contributed by atoms with Crippen LogP contribution in [-0.2, 0) is 14.3 Å². The SMILES string of the molecule is O=[N+]([O-])c1ccccc1C(CF)OS(=O)(=O)c1ccc(Cl)cc1. The maximum absolute atomic E-state index is 13.3. The second kappa shape index (κ2) is 7.03. The van der Waals surface area contributed by atoms with Crippen molar-refractivity contribution in [2.24, 2.45) is 0 Å². The third kappa shape index (κ3) is 4.04. The van der Waals surface area contributed by atoms with Gasteiger partial charge in [0.15, 0.2) is 0 Å². The van der Waals surface area contributed by atoms with Gasteiger partial charge >= 0.3 is 0 Å². The molecule has 122 valence electrons. The largest absolute Gasteiger partial charge is 0.297 e. The monoisotopic (exact) mass is 359 g/mol. The van der Waals surface area contributed by atoms with Gasteiger partial charge in [0.2, 0.25) is 0 Å². The topological polar surface area (TPSA) is 86.5 Å². The molecule has 0 N–H and O–H groups in total. The Labute approximate surface area is 136 Å². The van der Waals surface area contributed by atoms with Crippen LogP contribution in [0.25, 0.3) is 0 Å². The first-order valence-corrected chi connectivity index (χ1v) is 8.12. The standard InChI is InChI=1S/C14H11ClFNO5S/c15-10-5-7-11(8-6-10)23(20,21)22-14(9-16)12-3-1-2-4-13(12)17(18)19/h1-8,14H,9H2. The fraction of sp³-hybridized carbons (Fsp3) is 0.143. The maximum atomic E-state index is 13.3. The Hall–Kier alpha value is -2.03. The number of nitrogens with zero attached hydrogens (tertiary/aromatic N) is 1. The molecule has 0 bridgehead atoms. The summed E-state index contributed by atoms with van der Waals surface area (Å²) < 4.78 is 42.4. The molecular weight excluding hydrogens is 349 g/mol. The molecule has 0 amide bonds. The number of benzene rings is 2. The summed E-state index contributed by atoms with van der Waals surface area (Å²) in [6.45, 7) is -1.24. The van der Waals surface area contributed by atoms with Gasteiger partial charge in [0.1, 0.15) is 12.8 Å². The molecule has 9 heteroatoms. The average molecular weight is 360 g/mol. The van der Waals surface area contributed by atoms with E-state index in [0.717, 1.165) is 6.07 Å². The number of para-hydroxylation sites is 1. The lowest BCUT2D eigenvalue weighted by Crippen LogP contribution is -2.15. The molecule has 0 saturated heterocycles. The summed E-state index contributed by atoms with van der Waals surface area (Å²) in [6, 6.07) is 10.3. The van der Waals surface area contributed by atoms with E-state index in [9.17, 15) is 22.9 Å². The van der Waals surface area contributed by atoms with Crippen LogP contribution in [-0.4, -0.2) is 20.0 Å². The van der Waals surface area contributed by atoms with Crippen LogP contribution in [0.4, 0.5) is 10.1 Å². The van der Waals surface area contributed by atoms with Gasteiger partial charge < -0.3 is 0 Å². The molecule has 23 heavy (non-hydrogen) atoms. The van der Waals surface area contributed by atoms with E-state index < -0.39 is 33.5 Å². The van der Waals surface area contributed by atoms with E-state index in [1.165, 1.54) is 42.5 Å². The van der Waals surface area contributed by atoms with Crippen molar-refractivity contribution in [2.75, 3.05) is 6.67 Å². The van der Waals surface area contributed by atoms with Gasteiger partial charge in [-0.3, -0.25) is 14.3 Å². The number of nitro benzene ring substituents is 1. The Balaban J connectivity index is 2.36. The van der Waals surface area contributed by atoms with Crippen LogP contribution in [0.1, 0.15) is 11.7 Å².